The molecule has 0 spiro atoms. The number of halogens is 3. The van der Waals surface area contributed by atoms with Gasteiger partial charge in [-0.3, -0.25) is 14.1 Å². The fourth-order valence-corrected chi connectivity index (χ4v) is 7.27. The molecule has 0 amide bonds. The quantitative estimate of drug-likeness (QED) is 0.203. The number of hydrogen-bond acceptors (Lipinski definition) is 7. The SMILES string of the molecule is BCc1cc(CB)c(OC(=O)C2C3CCC(S3)C2C(=O)OC(CS(=O)(=O)O)C(F)(F)F)c(CB)c1. The molecule has 0 aromatic heterocycles. The Morgan fingerprint density at radius 1 is 1.03 bits per heavy atom. The third-order valence-corrected chi connectivity index (χ3v) is 8.96. The highest BCUT2D eigenvalue weighted by molar-refractivity contribution is 8.01. The second-order valence-electron chi connectivity index (χ2n) is 8.78. The molecule has 35 heavy (non-hydrogen) atoms. The van der Waals surface area contributed by atoms with Gasteiger partial charge < -0.3 is 9.47 Å². The van der Waals surface area contributed by atoms with E-state index in [2.05, 4.69) is 4.74 Å². The van der Waals surface area contributed by atoms with Crippen LogP contribution in [0.4, 0.5) is 13.2 Å². The Bertz CT molecular complexity index is 1060. The Morgan fingerprint density at radius 2 is 1.54 bits per heavy atom. The van der Waals surface area contributed by atoms with Crippen LogP contribution in [0.3, 0.4) is 0 Å². The number of hydrogen-bond donors (Lipinski definition) is 1. The normalized spacial score (nSPS) is 24.8. The third-order valence-electron chi connectivity index (χ3n) is 6.48. The van der Waals surface area contributed by atoms with E-state index in [1.54, 1.807) is 0 Å². The molecule has 1 N–H and O–H groups in total. The molecular weight excluding hydrogens is 506 g/mol. The molecule has 1 aromatic carbocycles. The van der Waals surface area contributed by atoms with Gasteiger partial charge in [0, 0.05) is 10.5 Å². The van der Waals surface area contributed by atoms with Gasteiger partial charge in [-0.25, -0.2) is 0 Å². The average molecular weight is 532 g/mol. The fraction of sp³-hybridized carbons (Fsp3) is 0.600. The van der Waals surface area contributed by atoms with Crippen molar-refractivity contribution in [3.8, 4) is 5.75 Å². The van der Waals surface area contributed by atoms with Crippen molar-refractivity contribution in [3.63, 3.8) is 0 Å². The summed E-state index contributed by atoms with van der Waals surface area (Å²) >= 11 is 1.34. The number of esters is 2. The molecule has 3 rings (SSSR count). The standard InChI is InChI=1S/C20H26B3F3O7S2/c21-5-9-3-10(6-22)17(11(4-9)7-23)33-19(28)16-13-2-1-12(34-13)15(16)18(27)32-14(20(24,25)26)8-35(29,30)31/h3-4,12-16H,1-2,5-8,21-23H2,(H,29,30,31). The third kappa shape index (κ3) is 6.40. The van der Waals surface area contributed by atoms with Gasteiger partial charge in [0.15, 0.2) is 0 Å². The number of rotatable bonds is 9. The maximum Gasteiger partial charge on any atom is 0.426 e. The van der Waals surface area contributed by atoms with Gasteiger partial charge in [0.05, 0.1) is 11.8 Å². The van der Waals surface area contributed by atoms with Gasteiger partial charge in [-0.15, -0.1) is 0 Å². The van der Waals surface area contributed by atoms with Gasteiger partial charge in [-0.2, -0.15) is 33.4 Å². The summed E-state index contributed by atoms with van der Waals surface area (Å²) in [7, 11) is 0.785. The highest BCUT2D eigenvalue weighted by Crippen LogP contribution is 2.54. The van der Waals surface area contributed by atoms with Gasteiger partial charge >= 0.3 is 18.1 Å². The summed E-state index contributed by atoms with van der Waals surface area (Å²) in [6, 6.07) is 3.90. The lowest BCUT2D eigenvalue weighted by Gasteiger charge is -2.29. The average Bonchev–Trinajstić information content (AvgIpc) is 3.38. The van der Waals surface area contributed by atoms with E-state index in [1.807, 2.05) is 35.7 Å². The lowest BCUT2D eigenvalue weighted by molar-refractivity contribution is -0.218. The van der Waals surface area contributed by atoms with Crippen molar-refractivity contribution in [2.75, 3.05) is 5.75 Å². The molecule has 2 saturated heterocycles. The van der Waals surface area contributed by atoms with Crippen molar-refractivity contribution in [1.82, 2.24) is 0 Å². The zero-order valence-electron chi connectivity index (χ0n) is 19.6. The van der Waals surface area contributed by atoms with Crippen molar-refractivity contribution < 1.29 is 45.2 Å². The minimum absolute atomic E-state index is 0.318. The van der Waals surface area contributed by atoms with Crippen LogP contribution in [0.1, 0.15) is 29.5 Å². The Kier molecular flexibility index (Phi) is 8.63. The molecule has 0 saturated carbocycles. The summed E-state index contributed by atoms with van der Waals surface area (Å²) < 4.78 is 81.3. The topological polar surface area (TPSA) is 107 Å². The first-order chi connectivity index (χ1) is 16.3. The van der Waals surface area contributed by atoms with Crippen molar-refractivity contribution in [2.24, 2.45) is 11.8 Å². The molecular formula is C20H26B3F3O7S2. The highest BCUT2D eigenvalue weighted by atomic mass is 32.2. The van der Waals surface area contributed by atoms with Gasteiger partial charge in [0.25, 0.3) is 10.1 Å². The zero-order chi connectivity index (χ0) is 26.1. The van der Waals surface area contributed by atoms with Gasteiger partial charge in [0.2, 0.25) is 6.10 Å². The van der Waals surface area contributed by atoms with E-state index >= 15 is 0 Å². The highest BCUT2D eigenvalue weighted by Gasteiger charge is 2.58. The summed E-state index contributed by atoms with van der Waals surface area (Å²) in [6.07, 6.45) is -5.13. The van der Waals surface area contributed by atoms with Gasteiger partial charge in [-0.05, 0) is 24.0 Å². The van der Waals surface area contributed by atoms with E-state index in [1.165, 1.54) is 11.8 Å². The van der Waals surface area contributed by atoms with Crippen LogP contribution in [0.5, 0.6) is 5.75 Å². The van der Waals surface area contributed by atoms with Crippen molar-refractivity contribution in [3.05, 3.63) is 28.8 Å². The molecule has 15 heteroatoms. The number of benzene rings is 1. The molecule has 1 aromatic rings. The molecule has 190 valence electrons. The first-order valence-electron chi connectivity index (χ1n) is 11.5. The second kappa shape index (κ2) is 10.8. The molecule has 2 heterocycles. The van der Waals surface area contributed by atoms with Crippen LogP contribution in [-0.4, -0.2) is 77.0 Å². The van der Waals surface area contributed by atoms with Gasteiger partial charge in [-0.1, -0.05) is 36.7 Å². The van der Waals surface area contributed by atoms with Crippen LogP contribution in [0, 0.1) is 11.8 Å². The van der Waals surface area contributed by atoms with Crippen molar-refractivity contribution in [2.45, 2.75) is 54.6 Å². The number of ether oxygens (including phenoxy) is 2. The van der Waals surface area contributed by atoms with E-state index in [9.17, 15) is 31.2 Å². The maximum absolute atomic E-state index is 13.3. The molecule has 2 bridgehead atoms. The molecule has 5 unspecified atom stereocenters. The lowest BCUT2D eigenvalue weighted by atomic mass is 9.79. The minimum Gasteiger partial charge on any atom is -0.451 e. The Balaban J connectivity index is 1.87. The maximum atomic E-state index is 13.3. The van der Waals surface area contributed by atoms with Crippen LogP contribution >= 0.6 is 11.8 Å². The number of fused-ring (bicyclic) bond motifs is 2. The van der Waals surface area contributed by atoms with Crippen molar-refractivity contribution >= 4 is 57.4 Å². The van der Waals surface area contributed by atoms with Crippen LogP contribution in [-0.2, 0) is 43.4 Å². The fourth-order valence-electron chi connectivity index (χ4n) is 4.74. The largest absolute Gasteiger partial charge is 0.451 e. The monoisotopic (exact) mass is 532 g/mol. The summed E-state index contributed by atoms with van der Waals surface area (Å²) in [5, 5.41) is -0.760. The summed E-state index contributed by atoms with van der Waals surface area (Å²) in [4.78, 5) is 26.2. The van der Waals surface area contributed by atoms with E-state index < -0.39 is 57.2 Å². The minimum atomic E-state index is -5.21. The number of carbonyl (C=O) groups excluding carboxylic acids is 2. The second-order valence-corrected chi connectivity index (χ2v) is 11.8. The van der Waals surface area contributed by atoms with Gasteiger partial charge in [0.1, 0.15) is 35.0 Å². The van der Waals surface area contributed by atoms with Crippen molar-refractivity contribution in [1.29, 1.82) is 0 Å². The van der Waals surface area contributed by atoms with Crippen LogP contribution in [0.25, 0.3) is 0 Å². The van der Waals surface area contributed by atoms with Crippen LogP contribution in [0.15, 0.2) is 12.1 Å². The first-order valence-corrected chi connectivity index (χ1v) is 14.1. The van der Waals surface area contributed by atoms with Crippen LogP contribution in [0.2, 0.25) is 0 Å². The molecule has 0 radical (unpaired) electrons. The lowest BCUT2D eigenvalue weighted by Crippen LogP contribution is -2.46. The molecule has 2 aliphatic rings. The molecule has 0 aliphatic carbocycles. The summed E-state index contributed by atoms with van der Waals surface area (Å²) in [5.41, 5.74) is 2.75. The number of carbonyl (C=O) groups is 2. The zero-order valence-corrected chi connectivity index (χ0v) is 21.3. The predicted molar refractivity (Wildman–Crippen MR) is 133 cm³/mol. The first kappa shape index (κ1) is 28.0. The van der Waals surface area contributed by atoms with Crippen LogP contribution < -0.4 is 4.74 Å². The Labute approximate surface area is 209 Å². The predicted octanol–water partition coefficient (Wildman–Crippen LogP) is -0.137. The molecule has 2 fully saturated rings. The Morgan fingerprint density at radius 3 is 1.97 bits per heavy atom. The van der Waals surface area contributed by atoms with E-state index in [0.717, 1.165) is 23.0 Å². The molecule has 2 aliphatic heterocycles. The number of alkyl halides is 3. The Hall–Kier alpha value is -1.60. The van der Waals surface area contributed by atoms with E-state index in [0.29, 0.717) is 31.2 Å². The van der Waals surface area contributed by atoms with E-state index in [-0.39, 0.29) is 5.25 Å². The summed E-state index contributed by atoms with van der Waals surface area (Å²) in [6.45, 7) is 0. The molecule has 5 atom stereocenters. The molecule has 7 nitrogen and oxygen atoms in total. The smallest absolute Gasteiger partial charge is 0.426 e. The number of thioether (sulfide) groups is 1. The summed E-state index contributed by atoms with van der Waals surface area (Å²) in [5.74, 6) is -5.65. The van der Waals surface area contributed by atoms with E-state index in [4.69, 9.17) is 9.29 Å².